The molecule has 0 N–H and O–H groups in total. The highest BCUT2D eigenvalue weighted by atomic mass is 32.1. The molecule has 6 nitrogen and oxygen atoms in total. The molecule has 0 radical (unpaired) electrons. The average molecular weight is 330 g/mol. The van der Waals surface area contributed by atoms with Crippen LogP contribution in [0.1, 0.15) is 11.8 Å². The van der Waals surface area contributed by atoms with Gasteiger partial charge in [-0.15, -0.1) is 0 Å². The van der Waals surface area contributed by atoms with E-state index >= 15 is 0 Å². The van der Waals surface area contributed by atoms with E-state index in [1.807, 2.05) is 31.2 Å². The molecule has 1 aromatic carbocycles. The van der Waals surface area contributed by atoms with E-state index in [1.54, 1.807) is 17.0 Å². The van der Waals surface area contributed by atoms with E-state index in [-0.39, 0.29) is 17.0 Å². The first-order chi connectivity index (χ1) is 11.0. The van der Waals surface area contributed by atoms with Crippen LogP contribution in [0, 0.1) is 10.1 Å². The fourth-order valence-electron chi connectivity index (χ4n) is 2.37. The zero-order valence-corrected chi connectivity index (χ0v) is 13.2. The first-order valence-electron chi connectivity index (χ1n) is 7.04. The monoisotopic (exact) mass is 330 g/mol. The fraction of sp³-hybridized carbons (Fsp3) is 0.188. The number of fused-ring (bicyclic) bond motifs is 1. The third-order valence-electron chi connectivity index (χ3n) is 3.37. The predicted octanol–water partition coefficient (Wildman–Crippen LogP) is 3.48. The topological polar surface area (TPSA) is 72.7 Å². The van der Waals surface area contributed by atoms with Crippen LogP contribution in [0.3, 0.4) is 0 Å². The second-order valence-electron chi connectivity index (χ2n) is 5.11. The van der Waals surface area contributed by atoms with Crippen molar-refractivity contribution in [1.82, 2.24) is 0 Å². The number of para-hydroxylation sites is 2. The molecule has 0 aliphatic carbocycles. The van der Waals surface area contributed by atoms with Gasteiger partial charge in [-0.2, -0.15) is 0 Å². The van der Waals surface area contributed by atoms with Gasteiger partial charge in [0.05, 0.1) is 17.2 Å². The number of anilines is 1. The molecular weight excluding hydrogens is 316 g/mol. The maximum Gasteiger partial charge on any atom is 0.324 e. The van der Waals surface area contributed by atoms with Crippen molar-refractivity contribution in [3.63, 3.8) is 0 Å². The molecule has 1 aliphatic heterocycles. The molecule has 0 saturated heterocycles. The maximum absolute atomic E-state index is 12.5. The van der Waals surface area contributed by atoms with E-state index in [0.29, 0.717) is 17.2 Å². The van der Waals surface area contributed by atoms with Gasteiger partial charge < -0.3 is 9.64 Å². The standard InChI is InChI=1S/C16H14N2O4S/c1-11-10-17(13-4-2-3-5-14(13)22-11)15(19)8-6-12-7-9-16(23-12)18(20)21/h2-9,11H,10H2,1H3/b8-6+. The van der Waals surface area contributed by atoms with Crippen LogP contribution in [0.5, 0.6) is 5.75 Å². The van der Waals surface area contributed by atoms with E-state index in [4.69, 9.17) is 4.74 Å². The van der Waals surface area contributed by atoms with E-state index in [2.05, 4.69) is 0 Å². The van der Waals surface area contributed by atoms with Crippen LogP contribution in [0.15, 0.2) is 42.5 Å². The molecule has 3 rings (SSSR count). The number of hydrogen-bond donors (Lipinski definition) is 0. The Morgan fingerprint density at radius 3 is 2.91 bits per heavy atom. The summed E-state index contributed by atoms with van der Waals surface area (Å²) in [4.78, 5) is 25.0. The van der Waals surface area contributed by atoms with E-state index in [1.165, 1.54) is 12.1 Å². The zero-order valence-electron chi connectivity index (χ0n) is 12.3. The van der Waals surface area contributed by atoms with Gasteiger partial charge in [0.15, 0.2) is 0 Å². The average Bonchev–Trinajstić information content (AvgIpc) is 3.01. The van der Waals surface area contributed by atoms with Crippen molar-refractivity contribution >= 4 is 34.0 Å². The van der Waals surface area contributed by atoms with Crippen LogP contribution in [0.2, 0.25) is 0 Å². The Kier molecular flexibility index (Phi) is 4.12. The van der Waals surface area contributed by atoms with Crippen LogP contribution in [-0.4, -0.2) is 23.5 Å². The van der Waals surface area contributed by atoms with Crippen LogP contribution < -0.4 is 9.64 Å². The normalized spacial score (nSPS) is 16.9. The number of hydrogen-bond acceptors (Lipinski definition) is 5. The summed E-state index contributed by atoms with van der Waals surface area (Å²) < 4.78 is 5.71. The molecule has 2 aromatic rings. The summed E-state index contributed by atoms with van der Waals surface area (Å²) in [5.74, 6) is 0.503. The first kappa shape index (κ1) is 15.2. The Labute approximate surface area is 136 Å². The van der Waals surface area contributed by atoms with Crippen LogP contribution in [0.4, 0.5) is 10.7 Å². The van der Waals surface area contributed by atoms with Crippen molar-refractivity contribution in [2.45, 2.75) is 13.0 Å². The van der Waals surface area contributed by atoms with E-state index in [0.717, 1.165) is 17.0 Å². The molecule has 2 heterocycles. The number of thiophene rings is 1. The molecule has 0 spiro atoms. The fourth-order valence-corrected chi connectivity index (χ4v) is 3.10. The highest BCUT2D eigenvalue weighted by Crippen LogP contribution is 2.33. The summed E-state index contributed by atoms with van der Waals surface area (Å²) in [6, 6.07) is 10.4. The van der Waals surface area contributed by atoms with Crippen molar-refractivity contribution in [2.75, 3.05) is 11.4 Å². The van der Waals surface area contributed by atoms with Crippen molar-refractivity contribution in [3.05, 3.63) is 57.5 Å². The van der Waals surface area contributed by atoms with Gasteiger partial charge in [-0.1, -0.05) is 23.5 Å². The van der Waals surface area contributed by atoms with Gasteiger partial charge in [-0.05, 0) is 31.2 Å². The summed E-state index contributed by atoms with van der Waals surface area (Å²) in [6.07, 6.45) is 2.94. The van der Waals surface area contributed by atoms with Crippen molar-refractivity contribution < 1.29 is 14.5 Å². The van der Waals surface area contributed by atoms with Crippen LogP contribution in [0.25, 0.3) is 6.08 Å². The number of carbonyl (C=O) groups is 1. The molecule has 118 valence electrons. The Morgan fingerprint density at radius 2 is 2.17 bits per heavy atom. The number of rotatable bonds is 3. The second kappa shape index (κ2) is 6.21. The highest BCUT2D eigenvalue weighted by Gasteiger charge is 2.25. The zero-order chi connectivity index (χ0) is 16.4. The smallest absolute Gasteiger partial charge is 0.324 e. The number of nitro groups is 1. The van der Waals surface area contributed by atoms with Gasteiger partial charge in [0.25, 0.3) is 5.91 Å². The second-order valence-corrected chi connectivity index (χ2v) is 6.21. The quantitative estimate of drug-likeness (QED) is 0.490. The molecule has 0 fully saturated rings. The van der Waals surface area contributed by atoms with Gasteiger partial charge in [0.2, 0.25) is 0 Å². The van der Waals surface area contributed by atoms with Crippen LogP contribution in [-0.2, 0) is 4.79 Å². The number of ether oxygens (including phenoxy) is 1. The Morgan fingerprint density at radius 1 is 1.39 bits per heavy atom. The number of amides is 1. The van der Waals surface area contributed by atoms with E-state index in [9.17, 15) is 14.9 Å². The molecule has 0 saturated carbocycles. The number of carbonyl (C=O) groups excluding carboxylic acids is 1. The molecule has 0 bridgehead atoms. The highest BCUT2D eigenvalue weighted by molar-refractivity contribution is 7.16. The van der Waals surface area contributed by atoms with Crippen LogP contribution >= 0.6 is 11.3 Å². The summed E-state index contributed by atoms with van der Waals surface area (Å²) in [5.41, 5.74) is 0.734. The molecule has 1 aromatic heterocycles. The third kappa shape index (κ3) is 3.24. The van der Waals surface area contributed by atoms with Crippen molar-refractivity contribution in [2.24, 2.45) is 0 Å². The van der Waals surface area contributed by atoms with Gasteiger partial charge in [-0.25, -0.2) is 0 Å². The Hall–Kier alpha value is -2.67. The lowest BCUT2D eigenvalue weighted by Crippen LogP contribution is -2.41. The molecule has 7 heteroatoms. The van der Waals surface area contributed by atoms with Crippen molar-refractivity contribution in [1.29, 1.82) is 0 Å². The molecular formula is C16H14N2O4S. The maximum atomic E-state index is 12.5. The summed E-state index contributed by atoms with van der Waals surface area (Å²) in [6.45, 7) is 2.37. The largest absolute Gasteiger partial charge is 0.487 e. The Bertz CT molecular complexity index is 784. The summed E-state index contributed by atoms with van der Waals surface area (Å²) in [7, 11) is 0. The summed E-state index contributed by atoms with van der Waals surface area (Å²) in [5, 5.41) is 10.7. The minimum atomic E-state index is -0.441. The number of nitrogens with zero attached hydrogens (tertiary/aromatic N) is 2. The lowest BCUT2D eigenvalue weighted by molar-refractivity contribution is -0.380. The molecule has 1 aliphatic rings. The van der Waals surface area contributed by atoms with Gasteiger partial charge in [-0.3, -0.25) is 14.9 Å². The third-order valence-corrected chi connectivity index (χ3v) is 4.37. The predicted molar refractivity (Wildman–Crippen MR) is 88.9 cm³/mol. The van der Waals surface area contributed by atoms with Crippen molar-refractivity contribution in [3.8, 4) is 5.75 Å². The Balaban J connectivity index is 1.80. The van der Waals surface area contributed by atoms with Gasteiger partial charge in [0.1, 0.15) is 11.9 Å². The summed E-state index contributed by atoms with van der Waals surface area (Å²) >= 11 is 1.03. The molecule has 23 heavy (non-hydrogen) atoms. The van der Waals surface area contributed by atoms with Gasteiger partial charge >= 0.3 is 5.00 Å². The molecule has 1 unspecified atom stereocenters. The SMILES string of the molecule is CC1CN(C(=O)/C=C/c2ccc([N+](=O)[O-])s2)c2ccccc2O1. The minimum absolute atomic E-state index is 0.0578. The lowest BCUT2D eigenvalue weighted by atomic mass is 10.2. The minimum Gasteiger partial charge on any atom is -0.487 e. The lowest BCUT2D eigenvalue weighted by Gasteiger charge is -2.32. The molecule has 1 amide bonds. The van der Waals surface area contributed by atoms with Gasteiger partial charge in [0, 0.05) is 17.0 Å². The first-order valence-corrected chi connectivity index (χ1v) is 7.86. The number of benzene rings is 1. The molecule has 1 atom stereocenters. The van der Waals surface area contributed by atoms with E-state index < -0.39 is 4.92 Å².